The minimum absolute atomic E-state index is 0.239. The van der Waals surface area contributed by atoms with Crippen molar-refractivity contribution in [1.82, 2.24) is 4.98 Å². The highest BCUT2D eigenvalue weighted by atomic mass is 16.5. The van der Waals surface area contributed by atoms with E-state index in [1.807, 2.05) is 30.5 Å². The van der Waals surface area contributed by atoms with Crippen LogP contribution in [0.15, 0.2) is 36.5 Å². The fourth-order valence-corrected chi connectivity index (χ4v) is 2.80. The largest absolute Gasteiger partial charge is 0.393 e. The highest BCUT2D eigenvalue weighted by molar-refractivity contribution is 5.81. The third-order valence-electron chi connectivity index (χ3n) is 3.75. The van der Waals surface area contributed by atoms with Crippen LogP contribution < -0.4 is 0 Å². The van der Waals surface area contributed by atoms with Crippen LogP contribution in [0.2, 0.25) is 0 Å². The molecule has 2 atom stereocenters. The average molecular weight is 257 g/mol. The molecule has 2 aromatic rings. The number of aromatic nitrogens is 1. The molecule has 0 bridgehead atoms. The zero-order valence-electron chi connectivity index (χ0n) is 11.0. The van der Waals surface area contributed by atoms with Crippen molar-refractivity contribution in [3.8, 4) is 0 Å². The van der Waals surface area contributed by atoms with Gasteiger partial charge in [-0.25, -0.2) is 0 Å². The molecule has 1 aliphatic heterocycles. The van der Waals surface area contributed by atoms with E-state index in [0.717, 1.165) is 42.3 Å². The molecule has 2 unspecified atom stereocenters. The third-order valence-corrected chi connectivity index (χ3v) is 3.75. The van der Waals surface area contributed by atoms with Gasteiger partial charge in [0.1, 0.15) is 0 Å². The molecule has 1 aliphatic rings. The summed E-state index contributed by atoms with van der Waals surface area (Å²) in [6.07, 6.45) is 5.32. The lowest BCUT2D eigenvalue weighted by molar-refractivity contribution is 0.0542. The molecule has 1 aromatic carbocycles. The van der Waals surface area contributed by atoms with Gasteiger partial charge in [-0.2, -0.15) is 0 Å². The number of nitrogens with zero attached hydrogens (tertiary/aromatic N) is 1. The molecule has 100 valence electrons. The molecule has 3 nitrogen and oxygen atoms in total. The molecule has 2 heterocycles. The smallest absolute Gasteiger partial charge is 0.0704 e. The van der Waals surface area contributed by atoms with Gasteiger partial charge in [-0.05, 0) is 43.4 Å². The second-order valence-corrected chi connectivity index (χ2v) is 5.22. The van der Waals surface area contributed by atoms with Gasteiger partial charge in [0.15, 0.2) is 0 Å². The quantitative estimate of drug-likeness (QED) is 0.915. The van der Waals surface area contributed by atoms with Crippen LogP contribution in [0.3, 0.4) is 0 Å². The number of hydrogen-bond donors (Lipinski definition) is 1. The molecule has 1 N–H and O–H groups in total. The molecule has 19 heavy (non-hydrogen) atoms. The Hall–Kier alpha value is -1.45. The third kappa shape index (κ3) is 2.94. The fraction of sp³-hybridized carbons (Fsp3) is 0.438. The zero-order chi connectivity index (χ0) is 13.1. The second kappa shape index (κ2) is 5.68. The first-order valence-corrected chi connectivity index (χ1v) is 6.95. The van der Waals surface area contributed by atoms with Crippen LogP contribution in [0.25, 0.3) is 10.9 Å². The molecule has 0 amide bonds. The maximum Gasteiger partial charge on any atom is 0.0704 e. The maximum atomic E-state index is 10.2. The minimum Gasteiger partial charge on any atom is -0.393 e. The van der Waals surface area contributed by atoms with Gasteiger partial charge in [-0.15, -0.1) is 0 Å². The van der Waals surface area contributed by atoms with Crippen LogP contribution in [0, 0.1) is 0 Å². The molecule has 1 aromatic heterocycles. The Balaban J connectivity index is 1.73. The van der Waals surface area contributed by atoms with E-state index in [9.17, 15) is 5.11 Å². The zero-order valence-corrected chi connectivity index (χ0v) is 11.0. The van der Waals surface area contributed by atoms with Gasteiger partial charge in [0.2, 0.25) is 0 Å². The average Bonchev–Trinajstić information content (AvgIpc) is 2.92. The molecule has 0 aliphatic carbocycles. The SMILES string of the molecule is OC(Cc1ccnc2ccccc12)CC1CCCO1. The van der Waals surface area contributed by atoms with Crippen LogP contribution >= 0.6 is 0 Å². The Labute approximate surface area is 113 Å². The first-order valence-electron chi connectivity index (χ1n) is 6.95. The van der Waals surface area contributed by atoms with E-state index in [1.165, 1.54) is 0 Å². The topological polar surface area (TPSA) is 42.4 Å². The highest BCUT2D eigenvalue weighted by Crippen LogP contribution is 2.21. The predicted octanol–water partition coefficient (Wildman–Crippen LogP) is 2.71. The molecular formula is C16H19NO2. The molecular weight excluding hydrogens is 238 g/mol. The van der Waals surface area contributed by atoms with E-state index in [4.69, 9.17) is 4.74 Å². The van der Waals surface area contributed by atoms with Crippen molar-refractivity contribution in [1.29, 1.82) is 0 Å². The predicted molar refractivity (Wildman–Crippen MR) is 75.0 cm³/mol. The van der Waals surface area contributed by atoms with E-state index in [2.05, 4.69) is 11.1 Å². The monoisotopic (exact) mass is 257 g/mol. The van der Waals surface area contributed by atoms with Gasteiger partial charge < -0.3 is 9.84 Å². The number of fused-ring (bicyclic) bond motifs is 1. The van der Waals surface area contributed by atoms with Gasteiger partial charge in [-0.3, -0.25) is 4.98 Å². The molecule has 0 spiro atoms. The van der Waals surface area contributed by atoms with Crippen LogP contribution in [0.4, 0.5) is 0 Å². The van der Waals surface area contributed by atoms with Gasteiger partial charge in [0.25, 0.3) is 0 Å². The Morgan fingerprint density at radius 3 is 3.05 bits per heavy atom. The number of aliphatic hydroxyl groups excluding tert-OH is 1. The molecule has 1 fully saturated rings. The summed E-state index contributed by atoms with van der Waals surface area (Å²) in [5.74, 6) is 0. The van der Waals surface area contributed by atoms with Crippen molar-refractivity contribution < 1.29 is 9.84 Å². The van der Waals surface area contributed by atoms with Crippen LogP contribution in [-0.4, -0.2) is 28.9 Å². The number of hydrogen-bond acceptors (Lipinski definition) is 3. The standard InChI is InChI=1S/C16H19NO2/c18-13(11-14-4-3-9-19-14)10-12-7-8-17-16-6-2-1-5-15(12)16/h1-2,5-8,13-14,18H,3-4,9-11H2. The van der Waals surface area contributed by atoms with Crippen LogP contribution in [0.5, 0.6) is 0 Å². The van der Waals surface area contributed by atoms with E-state index in [1.54, 1.807) is 0 Å². The lowest BCUT2D eigenvalue weighted by Crippen LogP contribution is -2.19. The van der Waals surface area contributed by atoms with Gasteiger partial charge >= 0.3 is 0 Å². The van der Waals surface area contributed by atoms with E-state index in [-0.39, 0.29) is 12.2 Å². The summed E-state index contributed by atoms with van der Waals surface area (Å²) in [5, 5.41) is 11.4. The van der Waals surface area contributed by atoms with Gasteiger partial charge in [0, 0.05) is 18.2 Å². The van der Waals surface area contributed by atoms with Crippen molar-refractivity contribution >= 4 is 10.9 Å². The minimum atomic E-state index is -0.339. The second-order valence-electron chi connectivity index (χ2n) is 5.22. The van der Waals surface area contributed by atoms with Crippen molar-refractivity contribution in [3.05, 3.63) is 42.1 Å². The molecule has 3 rings (SSSR count). The van der Waals surface area contributed by atoms with Crippen molar-refractivity contribution in [2.45, 2.75) is 37.9 Å². The first kappa shape index (κ1) is 12.6. The molecule has 0 saturated carbocycles. The lowest BCUT2D eigenvalue weighted by Gasteiger charge is -2.16. The van der Waals surface area contributed by atoms with E-state index in [0.29, 0.717) is 6.42 Å². The summed E-state index contributed by atoms with van der Waals surface area (Å²) in [4.78, 5) is 4.35. The van der Waals surface area contributed by atoms with Crippen LogP contribution in [0.1, 0.15) is 24.8 Å². The Kier molecular flexibility index (Phi) is 3.76. The van der Waals surface area contributed by atoms with Crippen molar-refractivity contribution in [3.63, 3.8) is 0 Å². The van der Waals surface area contributed by atoms with Crippen LogP contribution in [-0.2, 0) is 11.2 Å². The Morgan fingerprint density at radius 2 is 2.21 bits per heavy atom. The maximum absolute atomic E-state index is 10.2. The number of aliphatic hydroxyl groups is 1. The Bertz CT molecular complexity index is 544. The fourth-order valence-electron chi connectivity index (χ4n) is 2.80. The van der Waals surface area contributed by atoms with Crippen molar-refractivity contribution in [2.75, 3.05) is 6.61 Å². The Morgan fingerprint density at radius 1 is 1.32 bits per heavy atom. The summed E-state index contributed by atoms with van der Waals surface area (Å²) < 4.78 is 5.58. The first-order chi connectivity index (χ1) is 9.33. The molecule has 1 saturated heterocycles. The molecule has 3 heteroatoms. The lowest BCUT2D eigenvalue weighted by atomic mass is 9.99. The van der Waals surface area contributed by atoms with Gasteiger partial charge in [0.05, 0.1) is 17.7 Å². The van der Waals surface area contributed by atoms with E-state index >= 15 is 0 Å². The summed E-state index contributed by atoms with van der Waals surface area (Å²) in [6, 6.07) is 10.1. The number of rotatable bonds is 4. The molecule has 0 radical (unpaired) electrons. The summed E-state index contributed by atoms with van der Waals surface area (Å²) in [5.41, 5.74) is 2.15. The number of para-hydroxylation sites is 1. The highest BCUT2D eigenvalue weighted by Gasteiger charge is 2.20. The normalized spacial score (nSPS) is 20.8. The summed E-state index contributed by atoms with van der Waals surface area (Å²) >= 11 is 0. The summed E-state index contributed by atoms with van der Waals surface area (Å²) in [6.45, 7) is 0.843. The number of ether oxygens (including phenoxy) is 1. The number of pyridine rings is 1. The van der Waals surface area contributed by atoms with E-state index < -0.39 is 0 Å². The van der Waals surface area contributed by atoms with Gasteiger partial charge in [-0.1, -0.05) is 18.2 Å². The van der Waals surface area contributed by atoms with Crippen molar-refractivity contribution in [2.24, 2.45) is 0 Å². The number of benzene rings is 1. The summed E-state index contributed by atoms with van der Waals surface area (Å²) in [7, 11) is 0.